The molecule has 0 saturated heterocycles. The van der Waals surface area contributed by atoms with Gasteiger partial charge in [-0.3, -0.25) is 0 Å². The van der Waals surface area contributed by atoms with Gasteiger partial charge in [0, 0.05) is 22.0 Å². The summed E-state index contributed by atoms with van der Waals surface area (Å²) < 4.78 is 0. The van der Waals surface area contributed by atoms with Gasteiger partial charge >= 0.3 is 0 Å². The first-order valence-electron chi connectivity index (χ1n) is 19.1. The average Bonchev–Trinajstić information content (AvgIpc) is 3.58. The smallest absolute Gasteiger partial charge is 0.0973 e. The first-order valence-corrected chi connectivity index (χ1v) is 19.1. The number of aryl methyl sites for hydroxylation is 2. The second kappa shape index (κ2) is 11.7. The lowest BCUT2D eigenvalue weighted by Crippen LogP contribution is -2.14. The number of benzene rings is 7. The molecule has 0 radical (unpaired) electrons. The van der Waals surface area contributed by atoms with Gasteiger partial charge in [0.05, 0.1) is 22.4 Å². The Morgan fingerprint density at radius 1 is 0.333 bits per heavy atom. The van der Waals surface area contributed by atoms with Crippen molar-refractivity contribution < 1.29 is 0 Å². The molecule has 0 spiro atoms. The van der Waals surface area contributed by atoms with Gasteiger partial charge in [-0.25, -0.2) is 9.97 Å². The molecule has 8 aromatic rings. The number of fused-ring (bicyclic) bond motifs is 7. The van der Waals surface area contributed by atoms with Gasteiger partial charge < -0.3 is 0 Å². The van der Waals surface area contributed by atoms with E-state index >= 15 is 0 Å². The van der Waals surface area contributed by atoms with Gasteiger partial charge in [0.1, 0.15) is 0 Å². The molecule has 2 aliphatic rings. The molecule has 0 fully saturated rings. The van der Waals surface area contributed by atoms with E-state index in [2.05, 4.69) is 187 Å². The Kier molecular flexibility index (Phi) is 7.04. The molecule has 0 unspecified atom stereocenters. The molecule has 0 aliphatic heterocycles. The van der Waals surface area contributed by atoms with Crippen molar-refractivity contribution in [2.75, 3.05) is 0 Å². The maximum Gasteiger partial charge on any atom is 0.0973 e. The third kappa shape index (κ3) is 4.79. The largest absolute Gasteiger partial charge is 0.244 e. The summed E-state index contributed by atoms with van der Waals surface area (Å²) in [5.74, 6) is 0. The molecule has 1 heterocycles. The van der Waals surface area contributed by atoms with E-state index in [0.29, 0.717) is 0 Å². The summed E-state index contributed by atoms with van der Waals surface area (Å²) in [5.41, 5.74) is 23.8. The van der Waals surface area contributed by atoms with Crippen LogP contribution in [0.3, 0.4) is 0 Å². The summed E-state index contributed by atoms with van der Waals surface area (Å²) in [5, 5.41) is 0. The minimum Gasteiger partial charge on any atom is -0.244 e. The van der Waals surface area contributed by atoms with Crippen molar-refractivity contribution in [3.05, 3.63) is 179 Å². The van der Waals surface area contributed by atoms with Crippen molar-refractivity contribution in [1.29, 1.82) is 0 Å². The summed E-state index contributed by atoms with van der Waals surface area (Å²) in [4.78, 5) is 10.7. The summed E-state index contributed by atoms with van der Waals surface area (Å²) >= 11 is 0. The lowest BCUT2D eigenvalue weighted by atomic mass is 9.81. The van der Waals surface area contributed by atoms with Crippen molar-refractivity contribution in [2.24, 2.45) is 0 Å². The molecule has 0 saturated carbocycles. The van der Waals surface area contributed by atoms with E-state index in [1.54, 1.807) is 0 Å². The van der Waals surface area contributed by atoms with E-state index in [4.69, 9.17) is 9.97 Å². The molecular weight excluding hydrogens is 653 g/mol. The van der Waals surface area contributed by atoms with Crippen LogP contribution >= 0.6 is 0 Å². The maximum atomic E-state index is 5.37. The van der Waals surface area contributed by atoms with Gasteiger partial charge in [-0.2, -0.15) is 0 Å². The Hall–Kier alpha value is -6.12. The highest BCUT2D eigenvalue weighted by Gasteiger charge is 2.36. The fourth-order valence-electron chi connectivity index (χ4n) is 9.20. The highest BCUT2D eigenvalue weighted by molar-refractivity contribution is 5.91. The molecule has 7 aromatic carbocycles. The lowest BCUT2D eigenvalue weighted by Gasteiger charge is -2.22. The molecule has 0 amide bonds. The first kappa shape index (κ1) is 32.5. The topological polar surface area (TPSA) is 25.8 Å². The van der Waals surface area contributed by atoms with E-state index in [0.717, 1.165) is 44.7 Å². The van der Waals surface area contributed by atoms with Crippen molar-refractivity contribution in [1.82, 2.24) is 9.97 Å². The fourth-order valence-corrected chi connectivity index (χ4v) is 9.20. The van der Waals surface area contributed by atoms with E-state index in [1.165, 1.54) is 66.8 Å². The number of hydrogen-bond donors (Lipinski definition) is 0. The second-order valence-electron chi connectivity index (χ2n) is 16.3. The maximum absolute atomic E-state index is 5.37. The summed E-state index contributed by atoms with van der Waals surface area (Å²) in [6, 6.07) is 53.7. The number of rotatable bonds is 4. The minimum atomic E-state index is -0.0357. The zero-order valence-electron chi connectivity index (χ0n) is 31.8. The van der Waals surface area contributed by atoms with Crippen LogP contribution < -0.4 is 0 Å². The summed E-state index contributed by atoms with van der Waals surface area (Å²) in [6.45, 7) is 13.6. The molecule has 1 aromatic heterocycles. The number of hydrogen-bond acceptors (Lipinski definition) is 2. The zero-order chi connectivity index (χ0) is 36.9. The van der Waals surface area contributed by atoms with Crippen LogP contribution in [0.2, 0.25) is 0 Å². The molecule has 2 nitrogen and oxygen atoms in total. The molecule has 10 rings (SSSR count). The zero-order valence-corrected chi connectivity index (χ0v) is 31.8. The highest BCUT2D eigenvalue weighted by Crippen LogP contribution is 2.51. The van der Waals surface area contributed by atoms with Gasteiger partial charge in [0.2, 0.25) is 0 Å². The van der Waals surface area contributed by atoms with Crippen LogP contribution in [0, 0.1) is 13.8 Å². The Bertz CT molecular complexity index is 2620. The van der Waals surface area contributed by atoms with E-state index in [1.807, 2.05) is 0 Å². The van der Waals surface area contributed by atoms with Crippen molar-refractivity contribution in [3.8, 4) is 67.0 Å². The molecular formula is C52H42N2. The number of nitrogens with zero attached hydrogens (tertiary/aromatic N) is 2. The van der Waals surface area contributed by atoms with Crippen LogP contribution in [0.25, 0.3) is 78.1 Å². The van der Waals surface area contributed by atoms with Gasteiger partial charge in [-0.05, 0) is 104 Å². The standard InChI is InChI=1S/C52H42N2/c1-31-15-16-32(2)48-47(31)53-49(35-21-17-33(18-22-35)37-25-27-41-39-11-7-9-13-43(39)51(3,4)45(41)29-37)50(54-48)36-23-19-34(20-24-36)38-26-28-42-40-12-8-10-14-44(40)52(5,6)46(42)30-38/h7-30H,1-6H3. The van der Waals surface area contributed by atoms with Gasteiger partial charge in [-0.1, -0.05) is 161 Å². The Morgan fingerprint density at radius 2 is 0.667 bits per heavy atom. The number of aromatic nitrogens is 2. The van der Waals surface area contributed by atoms with Crippen molar-refractivity contribution in [3.63, 3.8) is 0 Å². The van der Waals surface area contributed by atoms with E-state index in [-0.39, 0.29) is 10.8 Å². The molecule has 2 aliphatic carbocycles. The van der Waals surface area contributed by atoms with Crippen molar-refractivity contribution in [2.45, 2.75) is 52.4 Å². The molecule has 260 valence electrons. The third-order valence-corrected chi connectivity index (χ3v) is 12.4. The van der Waals surface area contributed by atoms with E-state index < -0.39 is 0 Å². The second-order valence-corrected chi connectivity index (χ2v) is 16.3. The highest BCUT2D eigenvalue weighted by atomic mass is 14.8. The first-order chi connectivity index (χ1) is 26.1. The van der Waals surface area contributed by atoms with Crippen LogP contribution in [0.5, 0.6) is 0 Å². The normalized spacial score (nSPS) is 14.4. The Labute approximate surface area is 318 Å². The Morgan fingerprint density at radius 3 is 1.07 bits per heavy atom. The molecule has 0 N–H and O–H groups in total. The van der Waals surface area contributed by atoms with Crippen molar-refractivity contribution >= 4 is 11.0 Å². The fraction of sp³-hybridized carbons (Fsp3) is 0.154. The predicted molar refractivity (Wildman–Crippen MR) is 226 cm³/mol. The minimum absolute atomic E-state index is 0.0357. The van der Waals surface area contributed by atoms with Crippen LogP contribution in [-0.4, -0.2) is 9.97 Å². The lowest BCUT2D eigenvalue weighted by molar-refractivity contribution is 0.660. The molecule has 0 bridgehead atoms. The average molecular weight is 695 g/mol. The Balaban J connectivity index is 1.03. The van der Waals surface area contributed by atoms with E-state index in [9.17, 15) is 0 Å². The SMILES string of the molecule is Cc1ccc(C)c2nc(-c3ccc(-c4ccc5c(c4)C(C)(C)c4ccccc4-5)cc3)c(-c3ccc(-c4ccc5c(c4)C(C)(C)c4ccccc4-5)cc3)nc12. The molecule has 2 heteroatoms. The summed E-state index contributed by atoms with van der Waals surface area (Å²) in [6.07, 6.45) is 0. The van der Waals surface area contributed by atoms with Gasteiger partial charge in [0.25, 0.3) is 0 Å². The molecule has 54 heavy (non-hydrogen) atoms. The quantitative estimate of drug-likeness (QED) is 0.183. The van der Waals surface area contributed by atoms with Crippen LogP contribution in [0.4, 0.5) is 0 Å². The summed E-state index contributed by atoms with van der Waals surface area (Å²) in [7, 11) is 0. The monoisotopic (exact) mass is 694 g/mol. The van der Waals surface area contributed by atoms with Crippen LogP contribution in [0.1, 0.15) is 61.1 Å². The van der Waals surface area contributed by atoms with Crippen LogP contribution in [-0.2, 0) is 10.8 Å². The van der Waals surface area contributed by atoms with Crippen LogP contribution in [0.15, 0.2) is 146 Å². The van der Waals surface area contributed by atoms with Gasteiger partial charge in [-0.15, -0.1) is 0 Å². The van der Waals surface area contributed by atoms with Gasteiger partial charge in [0.15, 0.2) is 0 Å². The predicted octanol–water partition coefficient (Wildman–Crippen LogP) is 13.5. The molecule has 0 atom stereocenters. The third-order valence-electron chi connectivity index (χ3n) is 12.4.